The molecule has 29 heavy (non-hydrogen) atoms. The predicted octanol–water partition coefficient (Wildman–Crippen LogP) is 6.39. The molecule has 8 saturated carbocycles. The second-order valence-electron chi connectivity index (χ2n) is 12.9. The van der Waals surface area contributed by atoms with E-state index in [1.165, 1.54) is 82.6 Å². The molecule has 8 fully saturated rings. The van der Waals surface area contributed by atoms with Crippen LogP contribution < -0.4 is 0 Å². The van der Waals surface area contributed by atoms with Gasteiger partial charge in [0, 0.05) is 17.3 Å². The van der Waals surface area contributed by atoms with Crippen molar-refractivity contribution in [3.63, 3.8) is 0 Å². The highest BCUT2D eigenvalue weighted by atomic mass is 16.3. The van der Waals surface area contributed by atoms with Crippen molar-refractivity contribution < 1.29 is 5.11 Å². The summed E-state index contributed by atoms with van der Waals surface area (Å²) in [5.41, 5.74) is 1.33. The van der Waals surface area contributed by atoms with Crippen LogP contribution >= 0.6 is 0 Å². The van der Waals surface area contributed by atoms with E-state index in [4.69, 9.17) is 0 Å². The van der Waals surface area contributed by atoms with E-state index >= 15 is 0 Å². The maximum Gasteiger partial charge on any atom is 0.0800 e. The van der Waals surface area contributed by atoms with Crippen LogP contribution in [0.3, 0.4) is 0 Å². The van der Waals surface area contributed by atoms with E-state index in [1.807, 2.05) is 0 Å². The Hall–Kier alpha value is -0.820. The van der Waals surface area contributed by atoms with Crippen molar-refractivity contribution >= 4 is 0 Å². The van der Waals surface area contributed by atoms with Crippen LogP contribution in [0.4, 0.5) is 0 Å². The molecule has 1 N–H and O–H groups in total. The van der Waals surface area contributed by atoms with Crippen LogP contribution in [0.1, 0.15) is 82.6 Å². The highest BCUT2D eigenvalue weighted by molar-refractivity contribution is 5.26. The molecule has 1 nitrogen and oxygen atoms in total. The van der Waals surface area contributed by atoms with E-state index < -0.39 is 5.60 Å². The zero-order valence-corrected chi connectivity index (χ0v) is 18.0. The Bertz CT molecular complexity index is 677. The van der Waals surface area contributed by atoms with Gasteiger partial charge in [0.25, 0.3) is 0 Å². The molecule has 0 heterocycles. The number of rotatable bonds is 4. The molecule has 0 radical (unpaired) electrons. The first kappa shape index (κ1) is 17.8. The van der Waals surface area contributed by atoms with E-state index in [2.05, 4.69) is 30.3 Å². The molecule has 8 bridgehead atoms. The lowest BCUT2D eigenvalue weighted by molar-refractivity contribution is -0.269. The average molecular weight is 391 g/mol. The summed E-state index contributed by atoms with van der Waals surface area (Å²) in [4.78, 5) is 0. The third-order valence-corrected chi connectivity index (χ3v) is 11.1. The van der Waals surface area contributed by atoms with Gasteiger partial charge in [-0.3, -0.25) is 0 Å². The van der Waals surface area contributed by atoms with Crippen LogP contribution in [0.2, 0.25) is 0 Å². The Balaban J connectivity index is 1.36. The largest absolute Gasteiger partial charge is 0.388 e. The summed E-state index contributed by atoms with van der Waals surface area (Å²) in [5, 5.41) is 13.2. The van der Waals surface area contributed by atoms with Crippen LogP contribution in [-0.4, -0.2) is 10.7 Å². The van der Waals surface area contributed by atoms with Gasteiger partial charge in [-0.15, -0.1) is 0 Å². The van der Waals surface area contributed by atoms with E-state index in [0.717, 1.165) is 41.9 Å². The van der Waals surface area contributed by atoms with Gasteiger partial charge < -0.3 is 5.11 Å². The fourth-order valence-electron chi connectivity index (χ4n) is 11.1. The summed E-state index contributed by atoms with van der Waals surface area (Å²) in [5.74, 6) is 5.49. The van der Waals surface area contributed by atoms with Gasteiger partial charge in [0.2, 0.25) is 0 Å². The monoisotopic (exact) mass is 390 g/mol. The summed E-state index contributed by atoms with van der Waals surface area (Å²) >= 11 is 0. The van der Waals surface area contributed by atoms with Crippen molar-refractivity contribution in [3.8, 4) is 0 Å². The highest BCUT2D eigenvalue weighted by Gasteiger charge is 2.69. The normalized spacial score (nSPS) is 51.3. The highest BCUT2D eigenvalue weighted by Crippen LogP contribution is 2.73. The third kappa shape index (κ3) is 2.43. The van der Waals surface area contributed by atoms with Gasteiger partial charge in [-0.25, -0.2) is 0 Å². The van der Waals surface area contributed by atoms with Gasteiger partial charge in [-0.1, -0.05) is 30.3 Å². The molecule has 156 valence electrons. The predicted molar refractivity (Wildman–Crippen MR) is 116 cm³/mol. The molecule has 1 heteroatoms. The molecule has 1 aromatic rings. The van der Waals surface area contributed by atoms with Gasteiger partial charge in [-0.2, -0.15) is 0 Å². The van der Waals surface area contributed by atoms with Gasteiger partial charge in [-0.05, 0) is 118 Å². The molecular weight excluding hydrogens is 352 g/mol. The molecule has 8 aliphatic carbocycles. The average Bonchev–Trinajstić information content (AvgIpc) is 2.66. The smallest absolute Gasteiger partial charge is 0.0800 e. The molecule has 0 aromatic heterocycles. The third-order valence-electron chi connectivity index (χ3n) is 11.1. The summed E-state index contributed by atoms with van der Waals surface area (Å²) in [6.45, 7) is 0. The number of hydrogen-bond acceptors (Lipinski definition) is 1. The van der Waals surface area contributed by atoms with Crippen molar-refractivity contribution in [1.29, 1.82) is 0 Å². The summed E-state index contributed by atoms with van der Waals surface area (Å²) < 4.78 is 0. The van der Waals surface area contributed by atoms with Crippen LogP contribution in [0.5, 0.6) is 0 Å². The summed E-state index contributed by atoms with van der Waals surface area (Å²) in [6.07, 6.45) is 17.8. The SMILES string of the molecule is OC(Cc1ccccc1)(C12CC3CC(CC(C3)C1)C2)C12CC3CC(CC(C3)C1)C2. The Morgan fingerprint density at radius 1 is 0.621 bits per heavy atom. The Morgan fingerprint density at radius 2 is 0.966 bits per heavy atom. The molecule has 0 spiro atoms. The lowest BCUT2D eigenvalue weighted by Crippen LogP contribution is -2.69. The summed E-state index contributed by atoms with van der Waals surface area (Å²) in [7, 11) is 0. The van der Waals surface area contributed by atoms with Crippen molar-refractivity contribution in [2.75, 3.05) is 0 Å². The molecule has 1 aromatic carbocycles. The lowest BCUT2D eigenvalue weighted by Gasteiger charge is -2.71. The zero-order chi connectivity index (χ0) is 19.3. The van der Waals surface area contributed by atoms with Crippen molar-refractivity contribution in [2.45, 2.75) is 89.1 Å². The van der Waals surface area contributed by atoms with Crippen molar-refractivity contribution in [3.05, 3.63) is 35.9 Å². The maximum absolute atomic E-state index is 13.2. The van der Waals surface area contributed by atoms with Crippen LogP contribution in [0.25, 0.3) is 0 Å². The molecule has 9 rings (SSSR count). The van der Waals surface area contributed by atoms with Crippen LogP contribution in [0.15, 0.2) is 30.3 Å². The number of hydrogen-bond donors (Lipinski definition) is 1. The molecular formula is C28H38O. The number of benzene rings is 1. The maximum atomic E-state index is 13.2. The van der Waals surface area contributed by atoms with Gasteiger partial charge >= 0.3 is 0 Å². The molecule has 0 unspecified atom stereocenters. The lowest BCUT2D eigenvalue weighted by atomic mass is 9.36. The topological polar surface area (TPSA) is 20.2 Å². The fraction of sp³-hybridized carbons (Fsp3) is 0.786. The second-order valence-corrected chi connectivity index (χ2v) is 12.9. The van der Waals surface area contributed by atoms with E-state index in [9.17, 15) is 5.11 Å². The van der Waals surface area contributed by atoms with E-state index in [1.54, 1.807) is 0 Å². The fourth-order valence-corrected chi connectivity index (χ4v) is 11.1. The van der Waals surface area contributed by atoms with Gasteiger partial charge in [0.15, 0.2) is 0 Å². The minimum atomic E-state index is -0.479. The Kier molecular flexibility index (Phi) is 3.63. The zero-order valence-electron chi connectivity index (χ0n) is 18.0. The summed E-state index contributed by atoms with van der Waals surface area (Å²) in [6, 6.07) is 11.1. The standard InChI is InChI=1S/C28H38O/c29-28(18-19-4-2-1-3-5-19,26-12-20-6-21(13-26)8-22(7-20)14-26)27-15-23-9-24(16-27)11-25(10-23)17-27/h1-5,20-25,29H,6-18H2. The quantitative estimate of drug-likeness (QED) is 0.631. The van der Waals surface area contributed by atoms with E-state index in [-0.39, 0.29) is 10.8 Å². The minimum absolute atomic E-state index is 0.212. The molecule has 0 saturated heterocycles. The van der Waals surface area contributed by atoms with Crippen LogP contribution in [-0.2, 0) is 6.42 Å². The van der Waals surface area contributed by atoms with Crippen molar-refractivity contribution in [2.24, 2.45) is 46.3 Å². The first-order valence-corrected chi connectivity index (χ1v) is 12.8. The molecule has 8 aliphatic rings. The van der Waals surface area contributed by atoms with Crippen molar-refractivity contribution in [1.82, 2.24) is 0 Å². The van der Waals surface area contributed by atoms with Gasteiger partial charge in [0.1, 0.15) is 0 Å². The Morgan fingerprint density at radius 3 is 1.31 bits per heavy atom. The molecule has 0 aliphatic heterocycles. The second kappa shape index (κ2) is 5.90. The van der Waals surface area contributed by atoms with Gasteiger partial charge in [0.05, 0.1) is 5.60 Å². The Labute approximate surface area is 176 Å². The van der Waals surface area contributed by atoms with Crippen LogP contribution in [0, 0.1) is 46.3 Å². The molecule has 0 amide bonds. The minimum Gasteiger partial charge on any atom is -0.388 e. The number of aliphatic hydroxyl groups is 1. The molecule has 0 atom stereocenters. The first-order chi connectivity index (χ1) is 14.0. The van der Waals surface area contributed by atoms with E-state index in [0.29, 0.717) is 0 Å². The first-order valence-electron chi connectivity index (χ1n) is 12.8.